The molecule has 0 heterocycles. The molecule has 0 fully saturated rings. The first-order valence-electron chi connectivity index (χ1n) is 2.86. The van der Waals surface area contributed by atoms with Gasteiger partial charge in [0.15, 0.2) is 0 Å². The first kappa shape index (κ1) is 8.33. The molecule has 3 heteroatoms. The van der Waals surface area contributed by atoms with E-state index < -0.39 is 0 Å². The van der Waals surface area contributed by atoms with Crippen LogP contribution in [0.4, 0.5) is 0 Å². The lowest BCUT2D eigenvalue weighted by Gasteiger charge is -2.03. The van der Waals surface area contributed by atoms with Crippen molar-refractivity contribution in [3.05, 3.63) is 34.9 Å². The predicted octanol–water partition coefficient (Wildman–Crippen LogP) is 3.45. The molecule has 0 aliphatic carbocycles. The molecule has 0 saturated heterocycles. The van der Waals surface area contributed by atoms with Gasteiger partial charge in [0.1, 0.15) is 0 Å². The highest BCUT2D eigenvalue weighted by Gasteiger charge is 2.03. The Hall–Kier alpha value is 0.230. The van der Waals surface area contributed by atoms with Crippen LogP contribution in [0.3, 0.4) is 0 Å². The van der Waals surface area contributed by atoms with Crippen LogP contribution in [0.25, 0.3) is 0 Å². The molecule has 0 saturated carbocycles. The Morgan fingerprint density at radius 2 is 1.90 bits per heavy atom. The van der Waals surface area contributed by atoms with E-state index in [-0.39, 0.29) is 5.12 Å². The Bertz CT molecular complexity index is 223. The molecule has 2 atom stereocenters. The average molecular weight is 193 g/mol. The van der Waals surface area contributed by atoms with Crippen molar-refractivity contribution in [2.45, 2.75) is 5.12 Å². The lowest BCUT2D eigenvalue weighted by molar-refractivity contribution is 1.37. The third-order valence-corrected chi connectivity index (χ3v) is 2.14. The summed E-state index contributed by atoms with van der Waals surface area (Å²) in [4.78, 5) is 0. The largest absolute Gasteiger partial charge is 0.114 e. The third-order valence-electron chi connectivity index (χ3n) is 1.20. The molecule has 0 amide bonds. The number of alkyl halides is 1. The van der Waals surface area contributed by atoms with Crippen LogP contribution in [0.5, 0.6) is 0 Å². The van der Waals surface area contributed by atoms with Crippen molar-refractivity contribution in [3.8, 4) is 0 Å². The number of rotatable bonds is 1. The summed E-state index contributed by atoms with van der Waals surface area (Å²) in [6.07, 6.45) is 0. The monoisotopic (exact) mass is 192 g/mol. The maximum atomic E-state index is 5.82. The van der Waals surface area contributed by atoms with E-state index in [2.05, 4.69) is 9.24 Å². The summed E-state index contributed by atoms with van der Waals surface area (Å²) in [6, 6.07) is 7.54. The first-order chi connectivity index (χ1) is 4.72. The average Bonchev–Trinajstić information content (AvgIpc) is 1.88. The first-order valence-corrected chi connectivity index (χ1v) is 4.34. The van der Waals surface area contributed by atoms with E-state index in [0.717, 1.165) is 10.6 Å². The smallest absolute Gasteiger partial charge is 0.0737 e. The summed E-state index contributed by atoms with van der Waals surface area (Å²) in [7, 11) is 2.49. The van der Waals surface area contributed by atoms with Crippen molar-refractivity contribution >= 4 is 32.4 Å². The minimum atomic E-state index is -0.0892. The molecular formula is C7H7Cl2P. The minimum absolute atomic E-state index is 0.0892. The van der Waals surface area contributed by atoms with Crippen LogP contribution < -0.4 is 0 Å². The van der Waals surface area contributed by atoms with E-state index in [4.69, 9.17) is 23.2 Å². The van der Waals surface area contributed by atoms with Gasteiger partial charge in [0.05, 0.1) is 5.12 Å². The maximum Gasteiger partial charge on any atom is 0.0737 e. The van der Waals surface area contributed by atoms with Gasteiger partial charge in [-0.05, 0) is 11.6 Å². The zero-order valence-electron chi connectivity index (χ0n) is 5.22. The Morgan fingerprint density at radius 3 is 2.30 bits per heavy atom. The number of hydrogen-bond acceptors (Lipinski definition) is 0. The fraction of sp³-hybridized carbons (Fsp3) is 0.143. The van der Waals surface area contributed by atoms with Crippen LogP contribution in [-0.4, -0.2) is 0 Å². The molecule has 1 aromatic rings. The van der Waals surface area contributed by atoms with E-state index in [1.165, 1.54) is 0 Å². The van der Waals surface area contributed by atoms with Gasteiger partial charge < -0.3 is 0 Å². The van der Waals surface area contributed by atoms with Gasteiger partial charge in [0, 0.05) is 5.02 Å². The van der Waals surface area contributed by atoms with Crippen LogP contribution in [-0.2, 0) is 0 Å². The van der Waals surface area contributed by atoms with Crippen molar-refractivity contribution < 1.29 is 0 Å². The predicted molar refractivity (Wildman–Crippen MR) is 49.8 cm³/mol. The second-order valence-electron chi connectivity index (χ2n) is 1.92. The van der Waals surface area contributed by atoms with Crippen molar-refractivity contribution in [1.29, 1.82) is 0 Å². The molecule has 0 spiro atoms. The maximum absolute atomic E-state index is 5.82. The highest BCUT2D eigenvalue weighted by Crippen LogP contribution is 2.31. The topological polar surface area (TPSA) is 0 Å². The van der Waals surface area contributed by atoms with E-state index in [0.29, 0.717) is 0 Å². The van der Waals surface area contributed by atoms with Gasteiger partial charge in [-0.3, -0.25) is 0 Å². The van der Waals surface area contributed by atoms with E-state index in [9.17, 15) is 0 Å². The van der Waals surface area contributed by atoms with Crippen LogP contribution >= 0.6 is 32.4 Å². The van der Waals surface area contributed by atoms with Gasteiger partial charge in [0.25, 0.3) is 0 Å². The lowest BCUT2D eigenvalue weighted by Crippen LogP contribution is -1.80. The highest BCUT2D eigenvalue weighted by atomic mass is 35.5. The quantitative estimate of drug-likeness (QED) is 0.473. The van der Waals surface area contributed by atoms with Gasteiger partial charge in [-0.2, -0.15) is 0 Å². The lowest BCUT2D eigenvalue weighted by atomic mass is 10.2. The summed E-state index contributed by atoms with van der Waals surface area (Å²) in [5.74, 6) is 0. The Balaban J connectivity index is 3.03. The van der Waals surface area contributed by atoms with Crippen molar-refractivity contribution in [3.63, 3.8) is 0 Å². The van der Waals surface area contributed by atoms with Crippen molar-refractivity contribution in [1.82, 2.24) is 0 Å². The Morgan fingerprint density at radius 1 is 1.30 bits per heavy atom. The molecule has 0 aromatic heterocycles. The molecular weight excluding hydrogens is 186 g/mol. The fourth-order valence-electron chi connectivity index (χ4n) is 0.699. The number of hydrogen-bond donors (Lipinski definition) is 0. The second-order valence-corrected chi connectivity index (χ2v) is 3.89. The normalized spacial score (nSPS) is 13.1. The summed E-state index contributed by atoms with van der Waals surface area (Å²) < 4.78 is 0. The Labute approximate surface area is 72.7 Å². The van der Waals surface area contributed by atoms with E-state index >= 15 is 0 Å². The molecule has 0 aliphatic rings. The zero-order valence-corrected chi connectivity index (χ0v) is 7.89. The molecule has 0 aliphatic heterocycles. The molecule has 54 valence electrons. The third kappa shape index (κ3) is 1.85. The number of halogens is 2. The SMILES string of the molecule is PC(Cl)c1ccccc1Cl. The standard InChI is InChI=1S/C7H7Cl2P/c8-6-4-2-1-3-5(6)7(9)10/h1-4,7H,10H2. The molecule has 1 rings (SSSR count). The summed E-state index contributed by atoms with van der Waals surface area (Å²) in [5, 5.41) is 0.631. The van der Waals surface area contributed by atoms with Gasteiger partial charge in [-0.1, -0.05) is 29.8 Å². The van der Waals surface area contributed by atoms with E-state index in [1.807, 2.05) is 24.3 Å². The zero-order chi connectivity index (χ0) is 7.56. The number of benzene rings is 1. The second kappa shape index (κ2) is 3.57. The van der Waals surface area contributed by atoms with Crippen LogP contribution in [0.15, 0.2) is 24.3 Å². The highest BCUT2D eigenvalue weighted by molar-refractivity contribution is 7.20. The van der Waals surface area contributed by atoms with Crippen molar-refractivity contribution in [2.75, 3.05) is 0 Å². The van der Waals surface area contributed by atoms with Gasteiger partial charge in [-0.25, -0.2) is 0 Å². The summed E-state index contributed by atoms with van der Waals surface area (Å²) >= 11 is 11.6. The van der Waals surface area contributed by atoms with Crippen molar-refractivity contribution in [2.24, 2.45) is 0 Å². The van der Waals surface area contributed by atoms with Gasteiger partial charge in [-0.15, -0.1) is 20.8 Å². The molecule has 0 nitrogen and oxygen atoms in total. The molecule has 0 N–H and O–H groups in total. The van der Waals surface area contributed by atoms with Crippen LogP contribution in [0.2, 0.25) is 5.02 Å². The molecule has 2 unspecified atom stereocenters. The minimum Gasteiger partial charge on any atom is -0.114 e. The Kier molecular flexibility index (Phi) is 2.97. The van der Waals surface area contributed by atoms with Crippen LogP contribution in [0.1, 0.15) is 10.7 Å². The molecule has 0 radical (unpaired) electrons. The summed E-state index contributed by atoms with van der Waals surface area (Å²) in [6.45, 7) is 0. The molecule has 10 heavy (non-hydrogen) atoms. The van der Waals surface area contributed by atoms with E-state index in [1.54, 1.807) is 0 Å². The van der Waals surface area contributed by atoms with Crippen LogP contribution in [0, 0.1) is 0 Å². The molecule has 1 aromatic carbocycles. The van der Waals surface area contributed by atoms with Gasteiger partial charge in [0.2, 0.25) is 0 Å². The molecule has 0 bridgehead atoms. The van der Waals surface area contributed by atoms with Gasteiger partial charge >= 0.3 is 0 Å². The summed E-state index contributed by atoms with van der Waals surface area (Å²) in [5.41, 5.74) is 0.954. The fourth-order valence-corrected chi connectivity index (χ4v) is 1.59.